The van der Waals surface area contributed by atoms with Crippen LogP contribution >= 0.6 is 11.3 Å². The summed E-state index contributed by atoms with van der Waals surface area (Å²) in [5, 5.41) is 5.68. The number of nitrogens with zero attached hydrogens (tertiary/aromatic N) is 2. The highest BCUT2D eigenvalue weighted by molar-refractivity contribution is 7.09. The molecule has 1 aliphatic rings. The van der Waals surface area contributed by atoms with Gasteiger partial charge in [0.15, 0.2) is 0 Å². The average molecular weight is 331 g/mol. The fourth-order valence-electron chi connectivity index (χ4n) is 2.30. The smallest absolute Gasteiger partial charge is 0.338 e. The summed E-state index contributed by atoms with van der Waals surface area (Å²) in [6, 6.07) is 6.72. The van der Waals surface area contributed by atoms with E-state index in [2.05, 4.69) is 10.3 Å². The lowest BCUT2D eigenvalue weighted by molar-refractivity contribution is 0.0468. The van der Waals surface area contributed by atoms with E-state index in [1.165, 1.54) is 0 Å². The van der Waals surface area contributed by atoms with Gasteiger partial charge in [-0.3, -0.25) is 4.90 Å². The lowest BCUT2D eigenvalue weighted by Gasteiger charge is -2.14. The molecular weight excluding hydrogens is 314 g/mol. The average Bonchev–Trinajstić information content (AvgIpc) is 3.21. The molecule has 1 aromatic carbocycles. The molecular formula is C16H17N3O3S. The van der Waals surface area contributed by atoms with Gasteiger partial charge in [0.1, 0.15) is 6.61 Å². The summed E-state index contributed by atoms with van der Waals surface area (Å²) in [7, 11) is 0. The molecule has 0 spiro atoms. The molecule has 0 aliphatic carbocycles. The maximum Gasteiger partial charge on any atom is 0.338 e. The molecule has 2 aromatic rings. The number of ether oxygens (including phenoxy) is 1. The maximum atomic E-state index is 12.1. The molecule has 7 heteroatoms. The number of carbonyl (C=O) groups is 2. The predicted octanol–water partition coefficient (Wildman–Crippen LogP) is 2.59. The summed E-state index contributed by atoms with van der Waals surface area (Å²) >= 11 is 1.57. The van der Waals surface area contributed by atoms with E-state index in [1.807, 2.05) is 12.3 Å². The van der Waals surface area contributed by atoms with Gasteiger partial charge in [-0.25, -0.2) is 14.6 Å². The Hall–Kier alpha value is -2.41. The summed E-state index contributed by atoms with van der Waals surface area (Å²) in [6.45, 7) is 3.48. The van der Waals surface area contributed by atoms with Gasteiger partial charge >= 0.3 is 12.0 Å². The van der Waals surface area contributed by atoms with Crippen molar-refractivity contribution >= 4 is 29.0 Å². The molecule has 1 aliphatic heterocycles. The van der Waals surface area contributed by atoms with Gasteiger partial charge in [0.2, 0.25) is 0 Å². The second kappa shape index (κ2) is 6.78. The van der Waals surface area contributed by atoms with Gasteiger partial charge in [-0.1, -0.05) is 6.92 Å². The molecule has 2 heterocycles. The number of carbonyl (C=O) groups excluding carboxylic acids is 2. The third-order valence-corrected chi connectivity index (χ3v) is 4.57. The van der Waals surface area contributed by atoms with Crippen LogP contribution in [-0.2, 0) is 17.8 Å². The van der Waals surface area contributed by atoms with Crippen molar-refractivity contribution in [3.8, 4) is 0 Å². The van der Waals surface area contributed by atoms with Crippen molar-refractivity contribution in [2.75, 3.05) is 18.0 Å². The zero-order valence-corrected chi connectivity index (χ0v) is 13.6. The highest BCUT2D eigenvalue weighted by atomic mass is 32.1. The van der Waals surface area contributed by atoms with Crippen molar-refractivity contribution in [2.24, 2.45) is 0 Å². The van der Waals surface area contributed by atoms with Crippen LogP contribution in [0.25, 0.3) is 0 Å². The Balaban J connectivity index is 1.60. The van der Waals surface area contributed by atoms with Crippen molar-refractivity contribution < 1.29 is 14.3 Å². The Morgan fingerprint density at radius 3 is 2.78 bits per heavy atom. The SMILES string of the molecule is CCc1nc(COC(=O)c2ccc(N3CCNC3=O)cc2)cs1. The minimum atomic E-state index is -0.395. The van der Waals surface area contributed by atoms with E-state index in [0.717, 1.165) is 22.8 Å². The summed E-state index contributed by atoms with van der Waals surface area (Å²) in [5.74, 6) is -0.395. The number of hydrogen-bond donors (Lipinski definition) is 1. The first kappa shape index (κ1) is 15.5. The number of anilines is 1. The first-order valence-electron chi connectivity index (χ1n) is 7.43. The number of urea groups is 1. The molecule has 3 rings (SSSR count). The van der Waals surface area contributed by atoms with Gasteiger partial charge in [-0.15, -0.1) is 11.3 Å². The summed E-state index contributed by atoms with van der Waals surface area (Å²) in [4.78, 5) is 29.6. The molecule has 0 saturated carbocycles. The van der Waals surface area contributed by atoms with Crippen molar-refractivity contribution in [1.82, 2.24) is 10.3 Å². The van der Waals surface area contributed by atoms with E-state index in [0.29, 0.717) is 18.7 Å². The third kappa shape index (κ3) is 3.50. The highest BCUT2D eigenvalue weighted by Crippen LogP contribution is 2.18. The zero-order chi connectivity index (χ0) is 16.2. The Kier molecular flexibility index (Phi) is 4.57. The van der Waals surface area contributed by atoms with Crippen LogP contribution in [0.2, 0.25) is 0 Å². The van der Waals surface area contributed by atoms with Crippen molar-refractivity contribution in [2.45, 2.75) is 20.0 Å². The van der Waals surface area contributed by atoms with E-state index in [9.17, 15) is 9.59 Å². The number of nitrogens with one attached hydrogen (secondary N) is 1. The fourth-order valence-corrected chi connectivity index (χ4v) is 3.03. The van der Waals surface area contributed by atoms with Crippen LogP contribution in [0.4, 0.5) is 10.5 Å². The van der Waals surface area contributed by atoms with Crippen LogP contribution in [0.3, 0.4) is 0 Å². The molecule has 0 radical (unpaired) electrons. The van der Waals surface area contributed by atoms with Gasteiger partial charge in [-0.05, 0) is 30.7 Å². The molecule has 1 fully saturated rings. The van der Waals surface area contributed by atoms with E-state index < -0.39 is 5.97 Å². The quantitative estimate of drug-likeness (QED) is 0.855. The summed E-state index contributed by atoms with van der Waals surface area (Å²) in [6.07, 6.45) is 0.879. The minimum absolute atomic E-state index is 0.115. The number of rotatable bonds is 5. The van der Waals surface area contributed by atoms with Gasteiger partial charge in [-0.2, -0.15) is 0 Å². The number of esters is 1. The second-order valence-corrected chi connectivity index (χ2v) is 6.04. The van der Waals surface area contributed by atoms with Crippen LogP contribution in [0, 0.1) is 0 Å². The van der Waals surface area contributed by atoms with Crippen molar-refractivity contribution in [3.63, 3.8) is 0 Å². The maximum absolute atomic E-state index is 12.1. The number of aryl methyl sites for hydroxylation is 1. The van der Waals surface area contributed by atoms with Crippen LogP contribution in [0.15, 0.2) is 29.6 Å². The van der Waals surface area contributed by atoms with Gasteiger partial charge in [0, 0.05) is 24.2 Å². The molecule has 1 saturated heterocycles. The standard InChI is InChI=1S/C16H17N3O3S/c1-2-14-18-12(10-23-14)9-22-15(20)11-3-5-13(6-4-11)19-8-7-17-16(19)21/h3-6,10H,2,7-9H2,1H3,(H,17,21). The Morgan fingerprint density at radius 1 is 1.39 bits per heavy atom. The van der Waals surface area contributed by atoms with E-state index in [1.54, 1.807) is 40.5 Å². The summed E-state index contributed by atoms with van der Waals surface area (Å²) < 4.78 is 5.27. The first-order chi connectivity index (χ1) is 11.2. The predicted molar refractivity (Wildman–Crippen MR) is 87.8 cm³/mol. The van der Waals surface area contributed by atoms with Crippen molar-refractivity contribution in [3.05, 3.63) is 45.9 Å². The lowest BCUT2D eigenvalue weighted by atomic mass is 10.2. The molecule has 0 bridgehead atoms. The highest BCUT2D eigenvalue weighted by Gasteiger charge is 2.21. The van der Waals surface area contributed by atoms with Crippen LogP contribution < -0.4 is 10.2 Å². The fraction of sp³-hybridized carbons (Fsp3) is 0.312. The lowest BCUT2D eigenvalue weighted by Crippen LogP contribution is -2.27. The zero-order valence-electron chi connectivity index (χ0n) is 12.7. The minimum Gasteiger partial charge on any atom is -0.456 e. The van der Waals surface area contributed by atoms with E-state index in [-0.39, 0.29) is 12.6 Å². The van der Waals surface area contributed by atoms with Gasteiger partial charge in [0.25, 0.3) is 0 Å². The number of thiazole rings is 1. The Bertz CT molecular complexity index is 712. The number of amides is 2. The van der Waals surface area contributed by atoms with Gasteiger partial charge in [0.05, 0.1) is 16.3 Å². The number of aromatic nitrogens is 1. The largest absolute Gasteiger partial charge is 0.456 e. The Morgan fingerprint density at radius 2 is 2.17 bits per heavy atom. The van der Waals surface area contributed by atoms with Crippen LogP contribution in [0.1, 0.15) is 28.0 Å². The molecule has 23 heavy (non-hydrogen) atoms. The number of hydrogen-bond acceptors (Lipinski definition) is 5. The Labute approximate surface area is 138 Å². The topological polar surface area (TPSA) is 71.5 Å². The van der Waals surface area contributed by atoms with E-state index >= 15 is 0 Å². The molecule has 120 valence electrons. The van der Waals surface area contributed by atoms with Crippen LogP contribution in [-0.4, -0.2) is 30.1 Å². The summed E-state index contributed by atoms with van der Waals surface area (Å²) in [5.41, 5.74) is 1.99. The second-order valence-electron chi connectivity index (χ2n) is 5.09. The van der Waals surface area contributed by atoms with Gasteiger partial charge < -0.3 is 10.1 Å². The van der Waals surface area contributed by atoms with Crippen LogP contribution in [0.5, 0.6) is 0 Å². The third-order valence-electron chi connectivity index (χ3n) is 3.52. The molecule has 0 unspecified atom stereocenters. The number of benzene rings is 1. The molecule has 0 atom stereocenters. The van der Waals surface area contributed by atoms with Crippen molar-refractivity contribution in [1.29, 1.82) is 0 Å². The molecule has 6 nitrogen and oxygen atoms in total. The molecule has 2 amide bonds. The normalized spacial score (nSPS) is 14.0. The first-order valence-corrected chi connectivity index (χ1v) is 8.31. The molecule has 1 aromatic heterocycles. The van der Waals surface area contributed by atoms with E-state index in [4.69, 9.17) is 4.74 Å². The monoisotopic (exact) mass is 331 g/mol. The molecule has 1 N–H and O–H groups in total.